The van der Waals surface area contributed by atoms with Crippen molar-refractivity contribution >= 4 is 18.3 Å². The molecule has 0 unspecified atom stereocenters. The average Bonchev–Trinajstić information content (AvgIpc) is 2.16. The molecule has 0 aliphatic heterocycles. The summed E-state index contributed by atoms with van der Waals surface area (Å²) in [5, 5.41) is 8.53. The Bertz CT molecular complexity index is 444. The predicted molar refractivity (Wildman–Crippen MR) is 46.3 cm³/mol. The molecule has 0 radical (unpaired) electrons. The fraction of sp³-hybridized carbons (Fsp3) is 0.143. The SMILES string of the molecule is NC=Nc1nc(C(=O)O)cc(C(F)(F)F)n1. The maximum absolute atomic E-state index is 12.3. The zero-order valence-electron chi connectivity index (χ0n) is 7.56. The molecule has 0 spiro atoms. The summed E-state index contributed by atoms with van der Waals surface area (Å²) in [6.07, 6.45) is -4.10. The smallest absolute Gasteiger partial charge is 0.433 e. The van der Waals surface area contributed by atoms with Crippen molar-refractivity contribution in [3.8, 4) is 0 Å². The fourth-order valence-corrected chi connectivity index (χ4v) is 0.814. The van der Waals surface area contributed by atoms with E-state index in [0.29, 0.717) is 12.4 Å². The van der Waals surface area contributed by atoms with E-state index in [1.807, 2.05) is 0 Å². The first-order valence-corrected chi connectivity index (χ1v) is 3.78. The van der Waals surface area contributed by atoms with Crippen LogP contribution in [0, 0.1) is 0 Å². The Balaban J connectivity index is 3.35. The third kappa shape index (κ3) is 2.65. The van der Waals surface area contributed by atoms with Gasteiger partial charge in [-0.3, -0.25) is 0 Å². The van der Waals surface area contributed by atoms with Crippen LogP contribution >= 0.6 is 0 Å². The van der Waals surface area contributed by atoms with Crippen LogP contribution in [0.5, 0.6) is 0 Å². The van der Waals surface area contributed by atoms with Gasteiger partial charge in [0.25, 0.3) is 5.95 Å². The lowest BCUT2D eigenvalue weighted by atomic mass is 10.3. The molecule has 0 fully saturated rings. The van der Waals surface area contributed by atoms with Crippen molar-refractivity contribution in [2.24, 2.45) is 10.7 Å². The van der Waals surface area contributed by atoms with Crippen LogP contribution in [0.3, 0.4) is 0 Å². The molecule has 16 heavy (non-hydrogen) atoms. The van der Waals surface area contributed by atoms with Gasteiger partial charge in [0.1, 0.15) is 0 Å². The van der Waals surface area contributed by atoms with E-state index >= 15 is 0 Å². The molecule has 0 aliphatic rings. The molecular weight excluding hydrogens is 229 g/mol. The van der Waals surface area contributed by atoms with Crippen molar-refractivity contribution in [3.05, 3.63) is 17.5 Å². The highest BCUT2D eigenvalue weighted by Gasteiger charge is 2.34. The molecule has 9 heteroatoms. The van der Waals surface area contributed by atoms with Crippen LogP contribution in [-0.4, -0.2) is 27.4 Å². The van der Waals surface area contributed by atoms with Gasteiger partial charge >= 0.3 is 12.1 Å². The Labute approximate surface area is 86.7 Å². The second kappa shape index (κ2) is 4.13. The fourth-order valence-electron chi connectivity index (χ4n) is 0.814. The normalized spacial score (nSPS) is 11.9. The quantitative estimate of drug-likeness (QED) is 0.582. The maximum atomic E-state index is 12.3. The third-order valence-corrected chi connectivity index (χ3v) is 1.41. The van der Waals surface area contributed by atoms with E-state index in [0.717, 1.165) is 0 Å². The molecule has 86 valence electrons. The van der Waals surface area contributed by atoms with Crippen molar-refractivity contribution in [1.82, 2.24) is 9.97 Å². The Kier molecular flexibility index (Phi) is 3.06. The van der Waals surface area contributed by atoms with Gasteiger partial charge < -0.3 is 10.8 Å². The Hall–Kier alpha value is -2.19. The standard InChI is InChI=1S/C7H5F3N4O2/c8-7(9,10)4-1-3(5(15)16)13-6(14-4)12-2-11/h1-2H,(H,15,16)(H2,11,12,13,14). The molecule has 0 aromatic carbocycles. The highest BCUT2D eigenvalue weighted by molar-refractivity contribution is 5.85. The molecule has 1 aromatic heterocycles. The van der Waals surface area contributed by atoms with Crippen molar-refractivity contribution in [1.29, 1.82) is 0 Å². The van der Waals surface area contributed by atoms with Gasteiger partial charge in [0.05, 0.1) is 6.34 Å². The summed E-state index contributed by atoms with van der Waals surface area (Å²) < 4.78 is 36.9. The molecule has 1 aromatic rings. The molecule has 0 atom stereocenters. The van der Waals surface area contributed by atoms with E-state index in [1.165, 1.54) is 0 Å². The lowest BCUT2D eigenvalue weighted by molar-refractivity contribution is -0.141. The van der Waals surface area contributed by atoms with Crippen LogP contribution in [0.4, 0.5) is 19.1 Å². The molecule has 0 bridgehead atoms. The monoisotopic (exact) mass is 234 g/mol. The zero-order valence-corrected chi connectivity index (χ0v) is 7.56. The van der Waals surface area contributed by atoms with Crippen LogP contribution in [0.2, 0.25) is 0 Å². The number of carboxylic acids is 1. The van der Waals surface area contributed by atoms with Gasteiger partial charge in [-0.15, -0.1) is 0 Å². The largest absolute Gasteiger partial charge is 0.477 e. The minimum absolute atomic E-state index is 0.317. The van der Waals surface area contributed by atoms with Crippen molar-refractivity contribution < 1.29 is 23.1 Å². The molecule has 6 nitrogen and oxygen atoms in total. The van der Waals surface area contributed by atoms with Gasteiger partial charge in [0, 0.05) is 6.07 Å². The number of hydrogen-bond donors (Lipinski definition) is 2. The second-order valence-electron chi connectivity index (χ2n) is 2.52. The van der Waals surface area contributed by atoms with E-state index in [2.05, 4.69) is 15.0 Å². The number of carbonyl (C=O) groups is 1. The van der Waals surface area contributed by atoms with Gasteiger partial charge in [-0.05, 0) is 0 Å². The first-order valence-electron chi connectivity index (χ1n) is 3.78. The van der Waals surface area contributed by atoms with E-state index in [1.54, 1.807) is 0 Å². The van der Waals surface area contributed by atoms with Gasteiger partial charge in [-0.1, -0.05) is 0 Å². The summed E-state index contributed by atoms with van der Waals surface area (Å²) >= 11 is 0. The van der Waals surface area contributed by atoms with Gasteiger partial charge in [0.15, 0.2) is 11.4 Å². The number of nitrogens with two attached hydrogens (primary N) is 1. The zero-order chi connectivity index (χ0) is 12.3. The minimum atomic E-state index is -4.77. The molecule has 1 rings (SSSR count). The molecular formula is C7H5F3N4O2. The average molecular weight is 234 g/mol. The first-order chi connectivity index (χ1) is 7.34. The number of alkyl halides is 3. The highest BCUT2D eigenvalue weighted by Crippen LogP contribution is 2.28. The van der Waals surface area contributed by atoms with E-state index in [9.17, 15) is 18.0 Å². The van der Waals surface area contributed by atoms with Crippen molar-refractivity contribution in [2.45, 2.75) is 6.18 Å². The Morgan fingerprint density at radius 2 is 2.12 bits per heavy atom. The van der Waals surface area contributed by atoms with Crippen LogP contribution in [-0.2, 0) is 6.18 Å². The third-order valence-electron chi connectivity index (χ3n) is 1.41. The van der Waals surface area contributed by atoms with Crippen LogP contribution in [0.1, 0.15) is 16.2 Å². The number of aromatic nitrogens is 2. The lowest BCUT2D eigenvalue weighted by Crippen LogP contribution is -2.12. The molecule has 0 saturated carbocycles. The molecule has 0 saturated heterocycles. The molecule has 0 aliphatic carbocycles. The van der Waals surface area contributed by atoms with Gasteiger partial charge in [-0.25, -0.2) is 19.8 Å². The first kappa shape index (κ1) is 11.9. The van der Waals surface area contributed by atoms with Gasteiger partial charge in [-0.2, -0.15) is 13.2 Å². The number of aromatic carboxylic acids is 1. The van der Waals surface area contributed by atoms with Crippen molar-refractivity contribution in [3.63, 3.8) is 0 Å². The van der Waals surface area contributed by atoms with E-state index < -0.39 is 29.5 Å². The highest BCUT2D eigenvalue weighted by atomic mass is 19.4. The summed E-state index contributed by atoms with van der Waals surface area (Å²) in [4.78, 5) is 19.9. The molecule has 0 amide bonds. The van der Waals surface area contributed by atoms with E-state index in [-0.39, 0.29) is 0 Å². The second-order valence-corrected chi connectivity index (χ2v) is 2.52. The van der Waals surface area contributed by atoms with E-state index in [4.69, 9.17) is 10.8 Å². The predicted octanol–water partition coefficient (Wildman–Crippen LogP) is 0.812. The minimum Gasteiger partial charge on any atom is -0.477 e. The number of rotatable bonds is 2. The number of nitrogens with zero attached hydrogens (tertiary/aromatic N) is 3. The Morgan fingerprint density at radius 1 is 1.50 bits per heavy atom. The number of carboxylic acid groups (broad SMARTS) is 1. The van der Waals surface area contributed by atoms with Crippen molar-refractivity contribution in [2.75, 3.05) is 0 Å². The number of halogens is 3. The summed E-state index contributed by atoms with van der Waals surface area (Å²) in [5.74, 6) is -2.27. The summed E-state index contributed by atoms with van der Waals surface area (Å²) in [6.45, 7) is 0. The number of aliphatic imine (C=N–C) groups is 1. The summed E-state index contributed by atoms with van der Waals surface area (Å²) in [6, 6.07) is 0.317. The topological polar surface area (TPSA) is 101 Å². The Morgan fingerprint density at radius 3 is 2.56 bits per heavy atom. The molecule has 1 heterocycles. The number of hydrogen-bond acceptors (Lipinski definition) is 4. The van der Waals surface area contributed by atoms with Crippen LogP contribution in [0.15, 0.2) is 11.1 Å². The van der Waals surface area contributed by atoms with Crippen LogP contribution in [0.25, 0.3) is 0 Å². The van der Waals surface area contributed by atoms with Crippen LogP contribution < -0.4 is 5.73 Å². The summed E-state index contributed by atoms with van der Waals surface area (Å²) in [7, 11) is 0. The summed E-state index contributed by atoms with van der Waals surface area (Å²) in [5.41, 5.74) is 2.65. The molecule has 3 N–H and O–H groups in total. The maximum Gasteiger partial charge on any atom is 0.433 e. The van der Waals surface area contributed by atoms with Gasteiger partial charge in [0.2, 0.25) is 0 Å². The lowest BCUT2D eigenvalue weighted by Gasteiger charge is -2.06.